The number of methoxy groups -OCH3 is 2. The second-order valence-electron chi connectivity index (χ2n) is 8.49. The minimum Gasteiger partial charge on any atom is -0.497 e. The number of carbonyl (C=O) groups is 2. The van der Waals surface area contributed by atoms with Crippen molar-refractivity contribution in [3.8, 4) is 11.5 Å². The Kier molecular flexibility index (Phi) is 6.82. The summed E-state index contributed by atoms with van der Waals surface area (Å²) >= 11 is 0. The lowest BCUT2D eigenvalue weighted by atomic mass is 9.95. The standard InChI is InChI=1S/C27H30N2O4/c1-28(17-20-13-14-22(32-2)16-25(20)33-3)26(30)21-10-7-15-29(18-21)27(31)24-12-6-9-19-8-4-5-11-23(19)24/h4-6,8-9,11-14,16,21H,7,10,15,17-18H2,1-3H3. The molecule has 0 N–H and O–H groups in total. The molecule has 1 fully saturated rings. The summed E-state index contributed by atoms with van der Waals surface area (Å²) in [6.45, 7) is 1.53. The third kappa shape index (κ3) is 4.80. The van der Waals surface area contributed by atoms with E-state index in [4.69, 9.17) is 9.47 Å². The normalized spacial score (nSPS) is 15.8. The summed E-state index contributed by atoms with van der Waals surface area (Å²) in [4.78, 5) is 30.2. The van der Waals surface area contributed by atoms with Crippen LogP contribution in [0.25, 0.3) is 10.8 Å². The maximum atomic E-state index is 13.4. The Hall–Kier alpha value is -3.54. The monoisotopic (exact) mass is 446 g/mol. The molecular weight excluding hydrogens is 416 g/mol. The lowest BCUT2D eigenvalue weighted by Crippen LogP contribution is -2.45. The van der Waals surface area contributed by atoms with Crippen molar-refractivity contribution in [1.82, 2.24) is 9.80 Å². The summed E-state index contributed by atoms with van der Waals surface area (Å²) in [5, 5.41) is 1.99. The van der Waals surface area contributed by atoms with Crippen molar-refractivity contribution in [2.24, 2.45) is 5.92 Å². The average Bonchev–Trinajstić information content (AvgIpc) is 2.87. The number of benzene rings is 3. The Bertz CT molecular complexity index is 1150. The molecule has 4 rings (SSSR count). The van der Waals surface area contributed by atoms with Gasteiger partial charge in [0, 0.05) is 43.9 Å². The molecule has 0 saturated carbocycles. The van der Waals surface area contributed by atoms with Crippen molar-refractivity contribution < 1.29 is 19.1 Å². The molecule has 1 atom stereocenters. The fourth-order valence-corrected chi connectivity index (χ4v) is 4.57. The van der Waals surface area contributed by atoms with Crippen molar-refractivity contribution >= 4 is 22.6 Å². The first kappa shape index (κ1) is 22.6. The van der Waals surface area contributed by atoms with E-state index >= 15 is 0 Å². The molecule has 0 spiro atoms. The van der Waals surface area contributed by atoms with Gasteiger partial charge in [0.15, 0.2) is 0 Å². The first-order chi connectivity index (χ1) is 16.0. The number of ether oxygens (including phenoxy) is 2. The molecule has 172 valence electrons. The Morgan fingerprint density at radius 2 is 1.82 bits per heavy atom. The van der Waals surface area contributed by atoms with E-state index in [1.54, 1.807) is 26.2 Å². The molecule has 1 heterocycles. The summed E-state index contributed by atoms with van der Waals surface area (Å²) in [7, 11) is 5.02. The van der Waals surface area contributed by atoms with Crippen molar-refractivity contribution in [2.75, 3.05) is 34.4 Å². The van der Waals surface area contributed by atoms with Gasteiger partial charge < -0.3 is 19.3 Å². The van der Waals surface area contributed by atoms with Crippen LogP contribution in [0.3, 0.4) is 0 Å². The van der Waals surface area contributed by atoms with Gasteiger partial charge in [-0.25, -0.2) is 0 Å². The largest absolute Gasteiger partial charge is 0.497 e. The maximum Gasteiger partial charge on any atom is 0.254 e. The van der Waals surface area contributed by atoms with Gasteiger partial charge in [0.2, 0.25) is 5.91 Å². The van der Waals surface area contributed by atoms with Crippen LogP contribution in [0.2, 0.25) is 0 Å². The number of rotatable bonds is 6. The third-order valence-corrected chi connectivity index (χ3v) is 6.36. The van der Waals surface area contributed by atoms with E-state index < -0.39 is 0 Å². The Labute approximate surface area is 194 Å². The van der Waals surface area contributed by atoms with Gasteiger partial charge in [-0.2, -0.15) is 0 Å². The SMILES string of the molecule is COc1ccc(CN(C)C(=O)C2CCCN(C(=O)c3cccc4ccccc34)C2)c(OC)c1. The van der Waals surface area contributed by atoms with Crippen molar-refractivity contribution in [3.63, 3.8) is 0 Å². The molecule has 33 heavy (non-hydrogen) atoms. The van der Waals surface area contributed by atoms with Crippen molar-refractivity contribution in [1.29, 1.82) is 0 Å². The molecule has 1 unspecified atom stereocenters. The number of fused-ring (bicyclic) bond motifs is 1. The van der Waals surface area contributed by atoms with Crippen LogP contribution in [0.5, 0.6) is 11.5 Å². The number of hydrogen-bond donors (Lipinski definition) is 0. The topological polar surface area (TPSA) is 59.1 Å². The van der Waals surface area contributed by atoms with E-state index in [2.05, 4.69) is 0 Å². The summed E-state index contributed by atoms with van der Waals surface area (Å²) in [5.74, 6) is 1.21. The Morgan fingerprint density at radius 3 is 2.61 bits per heavy atom. The highest BCUT2D eigenvalue weighted by Crippen LogP contribution is 2.28. The zero-order chi connectivity index (χ0) is 23.4. The molecule has 3 aromatic carbocycles. The van der Waals surface area contributed by atoms with Gasteiger partial charge in [0.05, 0.1) is 20.1 Å². The fraction of sp³-hybridized carbons (Fsp3) is 0.333. The number of likely N-dealkylation sites (tertiary alicyclic amines) is 1. The third-order valence-electron chi connectivity index (χ3n) is 6.36. The quantitative estimate of drug-likeness (QED) is 0.564. The van der Waals surface area contributed by atoms with Crippen LogP contribution in [0.4, 0.5) is 0 Å². The molecule has 1 saturated heterocycles. The molecule has 0 aliphatic carbocycles. The molecule has 0 radical (unpaired) electrons. The minimum absolute atomic E-state index is 0.0104. The van der Waals surface area contributed by atoms with E-state index in [-0.39, 0.29) is 17.7 Å². The van der Waals surface area contributed by atoms with Gasteiger partial charge in [-0.3, -0.25) is 9.59 Å². The molecule has 6 heteroatoms. The fourth-order valence-electron chi connectivity index (χ4n) is 4.57. The maximum absolute atomic E-state index is 13.4. The van der Waals surface area contributed by atoms with E-state index in [9.17, 15) is 9.59 Å². The van der Waals surface area contributed by atoms with Gasteiger partial charge in [-0.15, -0.1) is 0 Å². The molecule has 1 aliphatic heterocycles. The molecule has 1 aliphatic rings. The Morgan fingerprint density at radius 1 is 1.03 bits per heavy atom. The van der Waals surface area contributed by atoms with Crippen molar-refractivity contribution in [2.45, 2.75) is 19.4 Å². The van der Waals surface area contributed by atoms with Crippen LogP contribution in [0, 0.1) is 5.92 Å². The van der Waals surface area contributed by atoms with Crippen LogP contribution in [-0.2, 0) is 11.3 Å². The Balaban J connectivity index is 1.47. The lowest BCUT2D eigenvalue weighted by molar-refractivity contribution is -0.136. The summed E-state index contributed by atoms with van der Waals surface area (Å²) in [6.07, 6.45) is 1.59. The predicted molar refractivity (Wildman–Crippen MR) is 129 cm³/mol. The zero-order valence-corrected chi connectivity index (χ0v) is 19.4. The van der Waals surface area contributed by atoms with Gasteiger partial charge in [-0.05, 0) is 41.8 Å². The second-order valence-corrected chi connectivity index (χ2v) is 8.49. The van der Waals surface area contributed by atoms with Gasteiger partial charge >= 0.3 is 0 Å². The number of piperidine rings is 1. The lowest BCUT2D eigenvalue weighted by Gasteiger charge is -2.34. The molecule has 0 bridgehead atoms. The van der Waals surface area contributed by atoms with E-state index in [1.165, 1.54) is 0 Å². The van der Waals surface area contributed by atoms with Gasteiger partial charge in [0.25, 0.3) is 5.91 Å². The first-order valence-electron chi connectivity index (χ1n) is 11.2. The molecule has 6 nitrogen and oxygen atoms in total. The number of nitrogens with zero attached hydrogens (tertiary/aromatic N) is 2. The van der Waals surface area contributed by atoms with E-state index in [0.717, 1.165) is 29.2 Å². The highest BCUT2D eigenvalue weighted by molar-refractivity contribution is 6.07. The average molecular weight is 447 g/mol. The van der Waals surface area contributed by atoms with E-state index in [1.807, 2.05) is 65.6 Å². The number of amides is 2. The zero-order valence-electron chi connectivity index (χ0n) is 19.4. The van der Waals surface area contributed by atoms with Gasteiger partial charge in [0.1, 0.15) is 11.5 Å². The van der Waals surface area contributed by atoms with Crippen LogP contribution >= 0.6 is 0 Å². The van der Waals surface area contributed by atoms with Gasteiger partial charge in [-0.1, -0.05) is 36.4 Å². The molecular formula is C27H30N2O4. The highest BCUT2D eigenvalue weighted by Gasteiger charge is 2.31. The van der Waals surface area contributed by atoms with Crippen LogP contribution in [0.1, 0.15) is 28.8 Å². The molecule has 3 aromatic rings. The van der Waals surface area contributed by atoms with Crippen LogP contribution in [0.15, 0.2) is 60.7 Å². The predicted octanol–water partition coefficient (Wildman–Crippen LogP) is 4.37. The number of carbonyl (C=O) groups excluding carboxylic acids is 2. The summed E-state index contributed by atoms with van der Waals surface area (Å²) < 4.78 is 10.7. The van der Waals surface area contributed by atoms with Crippen molar-refractivity contribution in [3.05, 3.63) is 71.8 Å². The first-order valence-corrected chi connectivity index (χ1v) is 11.2. The number of hydrogen-bond acceptors (Lipinski definition) is 4. The summed E-state index contributed by atoms with van der Waals surface area (Å²) in [6, 6.07) is 19.3. The summed E-state index contributed by atoms with van der Waals surface area (Å²) in [5.41, 5.74) is 1.60. The van der Waals surface area contributed by atoms with Crippen LogP contribution in [-0.4, -0.2) is 56.0 Å². The van der Waals surface area contributed by atoms with Crippen LogP contribution < -0.4 is 9.47 Å². The second kappa shape index (κ2) is 9.94. The molecule has 2 amide bonds. The molecule has 0 aromatic heterocycles. The van der Waals surface area contributed by atoms with E-state index in [0.29, 0.717) is 36.7 Å². The smallest absolute Gasteiger partial charge is 0.254 e. The minimum atomic E-state index is -0.216. The highest BCUT2D eigenvalue weighted by atomic mass is 16.5.